The van der Waals surface area contributed by atoms with Gasteiger partial charge in [-0.25, -0.2) is 0 Å². The van der Waals surface area contributed by atoms with Gasteiger partial charge < -0.3 is 14.2 Å². The van der Waals surface area contributed by atoms with Crippen molar-refractivity contribution in [2.75, 3.05) is 31.9 Å². The summed E-state index contributed by atoms with van der Waals surface area (Å²) in [6, 6.07) is 0. The Bertz CT molecular complexity index is 205. The molecule has 1 heterocycles. The zero-order valence-corrected chi connectivity index (χ0v) is 11.7. The molecule has 4 nitrogen and oxygen atoms in total. The first kappa shape index (κ1) is 15.1. The van der Waals surface area contributed by atoms with Crippen molar-refractivity contribution in [1.29, 1.82) is 0 Å². The minimum atomic E-state index is 0.250. The average Bonchev–Trinajstić information content (AvgIpc) is 2.85. The molecule has 0 bridgehead atoms. The summed E-state index contributed by atoms with van der Waals surface area (Å²) in [5.41, 5.74) is 0. The fourth-order valence-corrected chi connectivity index (χ4v) is 1.95. The molecule has 1 fully saturated rings. The quantitative estimate of drug-likeness (QED) is 0.353. The van der Waals surface area contributed by atoms with Crippen LogP contribution in [0.3, 0.4) is 0 Å². The highest BCUT2D eigenvalue weighted by atomic mass is 79.9. The summed E-state index contributed by atoms with van der Waals surface area (Å²) in [6.07, 6.45) is 4.91. The SMILES string of the molecule is O=C(CBr)CCCCOCOCC1CCCO1. The van der Waals surface area contributed by atoms with E-state index in [1.165, 1.54) is 0 Å². The zero-order chi connectivity index (χ0) is 12.3. The molecular formula is C12H21BrO4. The molecule has 1 aliphatic heterocycles. The minimum absolute atomic E-state index is 0.250. The molecule has 0 saturated carbocycles. The molecule has 0 radical (unpaired) electrons. The van der Waals surface area contributed by atoms with Crippen molar-refractivity contribution in [3.05, 3.63) is 0 Å². The Balaban J connectivity index is 1.76. The fourth-order valence-electron chi connectivity index (χ4n) is 1.67. The Kier molecular flexibility index (Phi) is 8.88. The molecule has 0 amide bonds. The molecule has 1 saturated heterocycles. The van der Waals surface area contributed by atoms with Gasteiger partial charge in [0.05, 0.1) is 18.0 Å². The molecule has 0 N–H and O–H groups in total. The van der Waals surface area contributed by atoms with Gasteiger partial charge in [0, 0.05) is 19.6 Å². The molecule has 1 unspecified atom stereocenters. The first-order chi connectivity index (χ1) is 8.33. The van der Waals surface area contributed by atoms with Crippen LogP contribution in [0.1, 0.15) is 32.1 Å². The van der Waals surface area contributed by atoms with Crippen molar-refractivity contribution in [3.8, 4) is 0 Å². The highest BCUT2D eigenvalue weighted by molar-refractivity contribution is 9.09. The summed E-state index contributed by atoms with van der Waals surface area (Å²) in [5.74, 6) is 0.250. The number of Topliss-reactive ketones (excluding diaryl/α,β-unsaturated/α-hetero) is 1. The van der Waals surface area contributed by atoms with E-state index in [0.29, 0.717) is 31.8 Å². The van der Waals surface area contributed by atoms with Crippen molar-refractivity contribution in [3.63, 3.8) is 0 Å². The molecular weight excluding hydrogens is 288 g/mol. The number of ether oxygens (including phenoxy) is 3. The van der Waals surface area contributed by atoms with Gasteiger partial charge in [0.1, 0.15) is 12.6 Å². The van der Waals surface area contributed by atoms with Gasteiger partial charge in [-0.1, -0.05) is 15.9 Å². The van der Waals surface area contributed by atoms with Crippen molar-refractivity contribution in [2.24, 2.45) is 0 Å². The third kappa shape index (κ3) is 7.86. The van der Waals surface area contributed by atoms with Gasteiger partial charge in [0.15, 0.2) is 0 Å². The van der Waals surface area contributed by atoms with Crippen LogP contribution in [-0.2, 0) is 19.0 Å². The third-order valence-electron chi connectivity index (χ3n) is 2.64. The molecule has 0 aromatic carbocycles. The van der Waals surface area contributed by atoms with Crippen LogP contribution < -0.4 is 0 Å². The van der Waals surface area contributed by atoms with E-state index in [1.54, 1.807) is 0 Å². The van der Waals surface area contributed by atoms with E-state index in [1.807, 2.05) is 0 Å². The molecule has 1 rings (SSSR count). The number of ketones is 1. The Morgan fingerprint density at radius 1 is 1.35 bits per heavy atom. The van der Waals surface area contributed by atoms with Gasteiger partial charge in [-0.3, -0.25) is 4.79 Å². The maximum atomic E-state index is 11.0. The lowest BCUT2D eigenvalue weighted by Crippen LogP contribution is -2.15. The number of rotatable bonds is 10. The topological polar surface area (TPSA) is 44.8 Å². The number of unbranched alkanes of at least 4 members (excludes halogenated alkanes) is 1. The molecule has 1 aliphatic rings. The molecule has 1 atom stereocenters. The highest BCUT2D eigenvalue weighted by Gasteiger charge is 2.14. The van der Waals surface area contributed by atoms with E-state index in [9.17, 15) is 4.79 Å². The van der Waals surface area contributed by atoms with Crippen LogP contribution in [0.2, 0.25) is 0 Å². The Morgan fingerprint density at radius 3 is 2.94 bits per heavy atom. The Morgan fingerprint density at radius 2 is 2.24 bits per heavy atom. The van der Waals surface area contributed by atoms with Crippen molar-refractivity contribution in [1.82, 2.24) is 0 Å². The standard InChI is InChI=1S/C12H21BrO4/c13-8-11(14)4-1-2-6-15-10-16-9-12-5-3-7-17-12/h12H,1-10H2. The van der Waals surface area contributed by atoms with Crippen LogP contribution in [0.25, 0.3) is 0 Å². The van der Waals surface area contributed by atoms with Crippen LogP contribution in [-0.4, -0.2) is 43.8 Å². The van der Waals surface area contributed by atoms with E-state index in [0.717, 1.165) is 32.3 Å². The molecule has 0 aliphatic carbocycles. The molecule has 0 aromatic rings. The maximum Gasteiger partial charge on any atom is 0.146 e. The number of alkyl halides is 1. The molecule has 0 spiro atoms. The van der Waals surface area contributed by atoms with E-state index in [-0.39, 0.29) is 11.9 Å². The van der Waals surface area contributed by atoms with Gasteiger partial charge in [-0.15, -0.1) is 0 Å². The van der Waals surface area contributed by atoms with Crippen LogP contribution in [0.5, 0.6) is 0 Å². The average molecular weight is 309 g/mol. The summed E-state index contributed by atoms with van der Waals surface area (Å²) in [7, 11) is 0. The second kappa shape index (κ2) is 10.00. The number of carbonyl (C=O) groups is 1. The number of carbonyl (C=O) groups excluding carboxylic acids is 1. The van der Waals surface area contributed by atoms with Crippen LogP contribution in [0.4, 0.5) is 0 Å². The summed E-state index contributed by atoms with van der Waals surface area (Å²) < 4.78 is 16.1. The van der Waals surface area contributed by atoms with Crippen LogP contribution >= 0.6 is 15.9 Å². The largest absolute Gasteiger partial charge is 0.376 e. The predicted molar refractivity (Wildman–Crippen MR) is 68.4 cm³/mol. The van der Waals surface area contributed by atoms with Gasteiger partial charge in [0.25, 0.3) is 0 Å². The van der Waals surface area contributed by atoms with Crippen molar-refractivity contribution >= 4 is 21.7 Å². The lowest BCUT2D eigenvalue weighted by molar-refractivity contribution is -0.116. The first-order valence-corrected chi connectivity index (χ1v) is 7.30. The Hall–Kier alpha value is 0.0300. The lowest BCUT2D eigenvalue weighted by Gasteiger charge is -2.10. The highest BCUT2D eigenvalue weighted by Crippen LogP contribution is 2.11. The predicted octanol–water partition coefficient (Wildman–Crippen LogP) is 2.29. The zero-order valence-electron chi connectivity index (χ0n) is 10.2. The van der Waals surface area contributed by atoms with Gasteiger partial charge in [-0.2, -0.15) is 0 Å². The van der Waals surface area contributed by atoms with Crippen LogP contribution in [0, 0.1) is 0 Å². The third-order valence-corrected chi connectivity index (χ3v) is 3.26. The summed E-state index contributed by atoms with van der Waals surface area (Å²) in [5, 5.41) is 0.457. The molecule has 0 aromatic heterocycles. The van der Waals surface area contributed by atoms with E-state index in [4.69, 9.17) is 14.2 Å². The normalized spacial score (nSPS) is 19.7. The smallest absolute Gasteiger partial charge is 0.146 e. The monoisotopic (exact) mass is 308 g/mol. The van der Waals surface area contributed by atoms with Crippen molar-refractivity contribution in [2.45, 2.75) is 38.2 Å². The first-order valence-electron chi connectivity index (χ1n) is 6.17. The summed E-state index contributed by atoms with van der Waals surface area (Å²) in [6.45, 7) is 2.46. The van der Waals surface area contributed by atoms with E-state index < -0.39 is 0 Å². The molecule has 5 heteroatoms. The number of hydrogen-bond acceptors (Lipinski definition) is 4. The van der Waals surface area contributed by atoms with E-state index in [2.05, 4.69) is 15.9 Å². The van der Waals surface area contributed by atoms with Crippen LogP contribution in [0.15, 0.2) is 0 Å². The lowest BCUT2D eigenvalue weighted by atomic mass is 10.2. The number of hydrogen-bond donors (Lipinski definition) is 0. The van der Waals surface area contributed by atoms with Crippen molar-refractivity contribution < 1.29 is 19.0 Å². The summed E-state index contributed by atoms with van der Waals surface area (Å²) in [4.78, 5) is 11.0. The van der Waals surface area contributed by atoms with Gasteiger partial charge in [0.2, 0.25) is 0 Å². The molecule has 17 heavy (non-hydrogen) atoms. The number of halogens is 1. The summed E-state index contributed by atoms with van der Waals surface area (Å²) >= 11 is 3.14. The maximum absolute atomic E-state index is 11.0. The van der Waals surface area contributed by atoms with Gasteiger partial charge in [-0.05, 0) is 25.7 Å². The minimum Gasteiger partial charge on any atom is -0.376 e. The fraction of sp³-hybridized carbons (Fsp3) is 0.917. The van der Waals surface area contributed by atoms with Gasteiger partial charge >= 0.3 is 0 Å². The molecule has 100 valence electrons. The second-order valence-corrected chi connectivity index (χ2v) is 4.72. The second-order valence-electron chi connectivity index (χ2n) is 4.16. The van der Waals surface area contributed by atoms with E-state index >= 15 is 0 Å². The Labute approximate surface area is 111 Å².